The van der Waals surface area contributed by atoms with Crippen LogP contribution in [0.4, 0.5) is 0 Å². The van der Waals surface area contributed by atoms with Gasteiger partial charge in [-0.25, -0.2) is 4.79 Å². The third kappa shape index (κ3) is 3.21. The Hall–Kier alpha value is -1.62. The molecule has 0 aromatic heterocycles. The van der Waals surface area contributed by atoms with E-state index in [-0.39, 0.29) is 5.56 Å². The van der Waals surface area contributed by atoms with Crippen molar-refractivity contribution in [2.75, 3.05) is 0 Å². The molecule has 0 bridgehead atoms. The molecular formula is C10H11BO4. The Morgan fingerprint density at radius 2 is 1.80 bits per heavy atom. The molecule has 1 rings (SSSR count). The molecule has 0 heterocycles. The lowest BCUT2D eigenvalue weighted by Gasteiger charge is -2.02. The first-order chi connectivity index (χ1) is 7.00. The predicted molar refractivity (Wildman–Crippen MR) is 56.0 cm³/mol. The third-order valence-electron chi connectivity index (χ3n) is 1.87. The number of hydrogen-bond donors (Lipinski definition) is 1. The molecule has 0 aliphatic carbocycles. The van der Waals surface area contributed by atoms with Gasteiger partial charge in [-0.2, -0.15) is 0 Å². The fourth-order valence-electron chi connectivity index (χ4n) is 1.09. The van der Waals surface area contributed by atoms with Gasteiger partial charge in [-0.05, 0) is 17.6 Å². The number of esters is 2. The summed E-state index contributed by atoms with van der Waals surface area (Å²) in [5.74, 6) is -1.32. The van der Waals surface area contributed by atoms with Crippen LogP contribution in [0.2, 0.25) is 6.82 Å². The Morgan fingerprint density at radius 1 is 1.27 bits per heavy atom. The molecule has 1 aromatic rings. The summed E-state index contributed by atoms with van der Waals surface area (Å²) in [4.78, 5) is 21.8. The molecule has 0 radical (unpaired) electrons. The zero-order valence-electron chi connectivity index (χ0n) is 8.56. The molecule has 4 nitrogen and oxygen atoms in total. The summed E-state index contributed by atoms with van der Waals surface area (Å²) in [6.07, 6.45) is 0. The van der Waals surface area contributed by atoms with Gasteiger partial charge in [0, 0.05) is 6.92 Å². The highest BCUT2D eigenvalue weighted by molar-refractivity contribution is 6.64. The smallest absolute Gasteiger partial charge is 0.345 e. The summed E-state index contributed by atoms with van der Waals surface area (Å²) in [5, 5.41) is 9.23. The van der Waals surface area contributed by atoms with Crippen LogP contribution in [0.5, 0.6) is 0 Å². The Kier molecular flexibility index (Phi) is 3.63. The van der Waals surface area contributed by atoms with Crippen molar-refractivity contribution in [1.29, 1.82) is 0 Å². The minimum Gasteiger partial charge on any atom is -0.447 e. The molecule has 78 valence electrons. The molecule has 0 amide bonds. The van der Waals surface area contributed by atoms with Crippen molar-refractivity contribution in [1.82, 2.24) is 0 Å². The largest absolute Gasteiger partial charge is 0.447 e. The number of rotatable bonds is 2. The number of ether oxygens (including phenoxy) is 1. The van der Waals surface area contributed by atoms with Crippen LogP contribution in [0.1, 0.15) is 17.3 Å². The molecule has 0 saturated carbocycles. The van der Waals surface area contributed by atoms with E-state index in [4.69, 9.17) is 0 Å². The lowest BCUT2D eigenvalue weighted by Crippen LogP contribution is -2.26. The fourth-order valence-corrected chi connectivity index (χ4v) is 1.09. The minimum atomic E-state index is -0.681. The Labute approximate surface area is 88.0 Å². The van der Waals surface area contributed by atoms with E-state index in [0.717, 1.165) is 0 Å². The van der Waals surface area contributed by atoms with Crippen LogP contribution >= 0.6 is 0 Å². The van der Waals surface area contributed by atoms with Crippen molar-refractivity contribution >= 4 is 24.3 Å². The van der Waals surface area contributed by atoms with Crippen molar-refractivity contribution in [2.45, 2.75) is 13.7 Å². The Bertz CT molecular complexity index is 370. The quantitative estimate of drug-likeness (QED) is 0.426. The predicted octanol–water partition coefficient (Wildman–Crippen LogP) is 0.211. The Balaban J connectivity index is 2.80. The lowest BCUT2D eigenvalue weighted by atomic mass is 9.64. The molecule has 0 fully saturated rings. The van der Waals surface area contributed by atoms with Gasteiger partial charge in [0.2, 0.25) is 0 Å². The molecular weight excluding hydrogens is 195 g/mol. The van der Waals surface area contributed by atoms with E-state index in [2.05, 4.69) is 4.74 Å². The van der Waals surface area contributed by atoms with Crippen LogP contribution in [0.25, 0.3) is 0 Å². The molecule has 1 aromatic carbocycles. The molecule has 0 aliphatic heterocycles. The first-order valence-electron chi connectivity index (χ1n) is 4.51. The maximum atomic E-state index is 11.2. The summed E-state index contributed by atoms with van der Waals surface area (Å²) in [6, 6.07) is 6.24. The fraction of sp³-hybridized carbons (Fsp3) is 0.200. The van der Waals surface area contributed by atoms with Crippen molar-refractivity contribution in [3.8, 4) is 0 Å². The van der Waals surface area contributed by atoms with Crippen LogP contribution in [-0.2, 0) is 9.53 Å². The standard InChI is InChI=1S/C10H11BO4/c1-7(12)15-10(13)8-3-5-9(6-4-8)11(2)14/h3-6,14H,1-2H3. The maximum Gasteiger partial charge on any atom is 0.345 e. The highest BCUT2D eigenvalue weighted by Crippen LogP contribution is 2.00. The number of hydrogen-bond acceptors (Lipinski definition) is 4. The van der Waals surface area contributed by atoms with Crippen LogP contribution < -0.4 is 5.46 Å². The van der Waals surface area contributed by atoms with Gasteiger partial charge in [0.25, 0.3) is 0 Å². The molecule has 0 aliphatic rings. The van der Waals surface area contributed by atoms with Crippen LogP contribution in [-0.4, -0.2) is 23.9 Å². The maximum absolute atomic E-state index is 11.2. The highest BCUT2D eigenvalue weighted by atomic mass is 16.6. The van der Waals surface area contributed by atoms with Gasteiger partial charge in [0.15, 0.2) is 0 Å². The van der Waals surface area contributed by atoms with Gasteiger partial charge in [0.1, 0.15) is 0 Å². The normalized spacial score (nSPS) is 9.53. The topological polar surface area (TPSA) is 63.6 Å². The van der Waals surface area contributed by atoms with E-state index < -0.39 is 18.9 Å². The average Bonchev–Trinajstić information content (AvgIpc) is 2.17. The number of benzene rings is 1. The van der Waals surface area contributed by atoms with Gasteiger partial charge in [0.05, 0.1) is 5.56 Å². The average molecular weight is 206 g/mol. The Morgan fingerprint density at radius 3 is 2.20 bits per heavy atom. The summed E-state index contributed by atoms with van der Waals surface area (Å²) >= 11 is 0. The monoisotopic (exact) mass is 206 g/mol. The second kappa shape index (κ2) is 4.75. The summed E-state index contributed by atoms with van der Waals surface area (Å²) in [5.41, 5.74) is 0.990. The van der Waals surface area contributed by atoms with Gasteiger partial charge in [-0.3, -0.25) is 4.79 Å². The zero-order valence-corrected chi connectivity index (χ0v) is 8.56. The molecule has 0 atom stereocenters. The second-order valence-electron chi connectivity index (χ2n) is 3.18. The van der Waals surface area contributed by atoms with Crippen molar-refractivity contribution in [3.05, 3.63) is 29.8 Å². The van der Waals surface area contributed by atoms with Gasteiger partial charge >= 0.3 is 18.9 Å². The number of carbonyl (C=O) groups excluding carboxylic acids is 2. The molecule has 0 spiro atoms. The molecule has 0 unspecified atom stereocenters. The molecule has 0 saturated heterocycles. The van der Waals surface area contributed by atoms with E-state index in [1.165, 1.54) is 19.1 Å². The van der Waals surface area contributed by atoms with Gasteiger partial charge in [-0.1, -0.05) is 19.0 Å². The summed E-state index contributed by atoms with van der Waals surface area (Å²) < 4.78 is 4.40. The van der Waals surface area contributed by atoms with E-state index in [0.29, 0.717) is 5.46 Å². The first-order valence-corrected chi connectivity index (χ1v) is 4.51. The van der Waals surface area contributed by atoms with Crippen molar-refractivity contribution in [2.24, 2.45) is 0 Å². The number of carbonyl (C=O) groups is 2. The summed E-state index contributed by atoms with van der Waals surface area (Å²) in [7, 11) is 0. The van der Waals surface area contributed by atoms with Crippen LogP contribution in [0.15, 0.2) is 24.3 Å². The zero-order chi connectivity index (χ0) is 11.4. The third-order valence-corrected chi connectivity index (χ3v) is 1.87. The molecule has 1 N–H and O–H groups in total. The van der Waals surface area contributed by atoms with E-state index in [9.17, 15) is 14.6 Å². The first kappa shape index (κ1) is 11.5. The van der Waals surface area contributed by atoms with Crippen molar-refractivity contribution in [3.63, 3.8) is 0 Å². The van der Waals surface area contributed by atoms with Gasteiger partial charge < -0.3 is 9.76 Å². The van der Waals surface area contributed by atoms with Crippen molar-refractivity contribution < 1.29 is 19.3 Å². The van der Waals surface area contributed by atoms with Crippen LogP contribution in [0.3, 0.4) is 0 Å². The minimum absolute atomic E-state index is 0.287. The summed E-state index contributed by atoms with van der Waals surface area (Å²) in [6.45, 7) is 2.22. The SMILES string of the molecule is CB(O)c1ccc(C(=O)OC(C)=O)cc1. The van der Waals surface area contributed by atoms with E-state index in [1.807, 2.05) is 0 Å². The van der Waals surface area contributed by atoms with Crippen LogP contribution in [0, 0.1) is 0 Å². The van der Waals surface area contributed by atoms with E-state index >= 15 is 0 Å². The molecule has 15 heavy (non-hydrogen) atoms. The lowest BCUT2D eigenvalue weighted by molar-refractivity contribution is -0.135. The van der Waals surface area contributed by atoms with E-state index in [1.54, 1.807) is 19.0 Å². The highest BCUT2D eigenvalue weighted by Gasteiger charge is 2.11. The van der Waals surface area contributed by atoms with Gasteiger partial charge in [-0.15, -0.1) is 0 Å². The second-order valence-corrected chi connectivity index (χ2v) is 3.18. The molecule has 5 heteroatoms.